The van der Waals surface area contributed by atoms with Crippen LogP contribution in [0.2, 0.25) is 0 Å². The normalized spacial score (nSPS) is 14.8. The summed E-state index contributed by atoms with van der Waals surface area (Å²) in [5.74, 6) is 1.53. The molecule has 1 fully saturated rings. The topological polar surface area (TPSA) is 93.7 Å². The van der Waals surface area contributed by atoms with Gasteiger partial charge in [-0.25, -0.2) is 9.97 Å². The van der Waals surface area contributed by atoms with Crippen molar-refractivity contribution in [3.05, 3.63) is 47.3 Å². The van der Waals surface area contributed by atoms with E-state index in [4.69, 9.17) is 5.41 Å². The standard InChI is InChI=1S/C18H21N7/c1-24-6-8-25(9-7-24)18-16(11-20)17(22-13-23-18)21-12-15-5-3-2-4-14(15)10-19/h2-5,11,13,20H,6-9,12H2,1H3,(H,21,22,23)/p+1. The molecule has 3 rings (SSSR count). The highest BCUT2D eigenvalue weighted by Gasteiger charge is 2.21. The maximum atomic E-state index is 9.21. The number of nitrogens with two attached hydrogens (primary N) is 1. The molecule has 0 atom stereocenters. The maximum Gasteiger partial charge on any atom is 0.174 e. The van der Waals surface area contributed by atoms with Crippen LogP contribution < -0.4 is 15.6 Å². The Bertz CT molecular complexity index is 788. The zero-order valence-corrected chi connectivity index (χ0v) is 14.3. The molecule has 0 unspecified atom stereocenters. The highest BCUT2D eigenvalue weighted by molar-refractivity contribution is 5.89. The number of nitrogens with zero attached hydrogens (tertiary/aromatic N) is 5. The van der Waals surface area contributed by atoms with Crippen LogP contribution >= 0.6 is 0 Å². The summed E-state index contributed by atoms with van der Waals surface area (Å²) < 4.78 is 0. The van der Waals surface area contributed by atoms with Crippen molar-refractivity contribution >= 4 is 17.9 Å². The van der Waals surface area contributed by atoms with E-state index in [9.17, 15) is 5.26 Å². The van der Waals surface area contributed by atoms with Gasteiger partial charge < -0.3 is 15.1 Å². The number of piperazine rings is 1. The molecular formula is C18H22N7+. The summed E-state index contributed by atoms with van der Waals surface area (Å²) >= 11 is 0. The number of likely N-dealkylation sites (N-methyl/N-ethyl adjacent to an activating group) is 1. The van der Waals surface area contributed by atoms with Crippen molar-refractivity contribution in [2.24, 2.45) is 0 Å². The fourth-order valence-corrected chi connectivity index (χ4v) is 2.91. The molecular weight excluding hydrogens is 314 g/mol. The van der Waals surface area contributed by atoms with Crippen molar-refractivity contribution in [2.45, 2.75) is 6.54 Å². The quantitative estimate of drug-likeness (QED) is 0.740. The highest BCUT2D eigenvalue weighted by atomic mass is 15.3. The Balaban J connectivity index is 1.81. The summed E-state index contributed by atoms with van der Waals surface area (Å²) in [4.78, 5) is 13.3. The van der Waals surface area contributed by atoms with Gasteiger partial charge in [-0.1, -0.05) is 18.2 Å². The number of rotatable bonds is 5. The first-order valence-corrected chi connectivity index (χ1v) is 8.28. The van der Waals surface area contributed by atoms with E-state index >= 15 is 0 Å². The average Bonchev–Trinajstić information content (AvgIpc) is 2.66. The molecule has 3 N–H and O–H groups in total. The average molecular weight is 336 g/mol. The first-order valence-electron chi connectivity index (χ1n) is 8.28. The van der Waals surface area contributed by atoms with Gasteiger partial charge >= 0.3 is 0 Å². The Morgan fingerprint density at radius 3 is 2.72 bits per heavy atom. The lowest BCUT2D eigenvalue weighted by molar-refractivity contribution is -0.104. The molecule has 2 aromatic rings. The molecule has 0 aliphatic carbocycles. The van der Waals surface area contributed by atoms with Crippen molar-refractivity contribution in [1.82, 2.24) is 14.9 Å². The molecule has 1 aromatic heterocycles. The number of nitrogens with one attached hydrogen (secondary N) is 1. The molecule has 0 amide bonds. The van der Waals surface area contributed by atoms with E-state index in [-0.39, 0.29) is 0 Å². The van der Waals surface area contributed by atoms with Crippen LogP contribution in [-0.4, -0.2) is 54.3 Å². The zero-order valence-electron chi connectivity index (χ0n) is 14.3. The third kappa shape index (κ3) is 3.75. The van der Waals surface area contributed by atoms with Crippen LogP contribution in [0.15, 0.2) is 30.6 Å². The lowest BCUT2D eigenvalue weighted by atomic mass is 10.1. The molecule has 1 aromatic carbocycles. The summed E-state index contributed by atoms with van der Waals surface area (Å²) in [6.07, 6.45) is 3.10. The first kappa shape index (κ1) is 16.9. The molecule has 7 nitrogen and oxygen atoms in total. The predicted molar refractivity (Wildman–Crippen MR) is 97.3 cm³/mol. The minimum atomic E-state index is 0.504. The third-order valence-electron chi connectivity index (χ3n) is 4.42. The number of hydrogen-bond donors (Lipinski definition) is 2. The van der Waals surface area contributed by atoms with Gasteiger partial charge in [0.05, 0.1) is 11.6 Å². The lowest BCUT2D eigenvalue weighted by Gasteiger charge is -2.33. The van der Waals surface area contributed by atoms with Gasteiger partial charge in [-0.3, -0.25) is 5.41 Å². The van der Waals surface area contributed by atoms with Gasteiger partial charge in [0.25, 0.3) is 0 Å². The van der Waals surface area contributed by atoms with E-state index in [0.29, 0.717) is 17.9 Å². The zero-order chi connectivity index (χ0) is 17.6. The van der Waals surface area contributed by atoms with Gasteiger partial charge in [-0.15, -0.1) is 0 Å². The van der Waals surface area contributed by atoms with Crippen LogP contribution in [0.5, 0.6) is 0 Å². The molecule has 25 heavy (non-hydrogen) atoms. The second-order valence-corrected chi connectivity index (χ2v) is 6.04. The lowest BCUT2D eigenvalue weighted by Crippen LogP contribution is -2.45. The van der Waals surface area contributed by atoms with Crippen LogP contribution in [0.1, 0.15) is 16.7 Å². The molecule has 0 saturated carbocycles. The fourth-order valence-electron chi connectivity index (χ4n) is 2.91. The second-order valence-electron chi connectivity index (χ2n) is 6.04. The monoisotopic (exact) mass is 336 g/mol. The Morgan fingerprint density at radius 2 is 2.00 bits per heavy atom. The Morgan fingerprint density at radius 1 is 1.24 bits per heavy atom. The van der Waals surface area contributed by atoms with E-state index in [1.165, 1.54) is 0 Å². The van der Waals surface area contributed by atoms with Crippen LogP contribution in [0.4, 0.5) is 11.6 Å². The van der Waals surface area contributed by atoms with Gasteiger partial charge in [0.1, 0.15) is 23.5 Å². The molecule has 0 radical (unpaired) electrons. The fraction of sp³-hybridized carbons (Fsp3) is 0.333. The second kappa shape index (κ2) is 7.73. The van der Waals surface area contributed by atoms with Crippen molar-refractivity contribution in [1.29, 1.82) is 5.26 Å². The first-order chi connectivity index (χ1) is 12.2. The van der Waals surface area contributed by atoms with E-state index in [1.54, 1.807) is 12.5 Å². The smallest absolute Gasteiger partial charge is 0.174 e. The van der Waals surface area contributed by atoms with Crippen molar-refractivity contribution in [3.8, 4) is 6.07 Å². The van der Waals surface area contributed by atoms with E-state index in [2.05, 4.69) is 38.2 Å². The van der Waals surface area contributed by atoms with Crippen LogP contribution in [0, 0.1) is 11.3 Å². The molecule has 0 bridgehead atoms. The van der Waals surface area contributed by atoms with Crippen LogP contribution in [0.25, 0.3) is 0 Å². The minimum Gasteiger partial charge on any atom is -0.365 e. The number of aromatic nitrogens is 2. The van der Waals surface area contributed by atoms with Crippen molar-refractivity contribution in [2.75, 3.05) is 43.4 Å². The van der Waals surface area contributed by atoms with Gasteiger partial charge in [0.2, 0.25) is 0 Å². The van der Waals surface area contributed by atoms with E-state index in [0.717, 1.165) is 43.1 Å². The largest absolute Gasteiger partial charge is 0.365 e. The molecule has 0 spiro atoms. The minimum absolute atomic E-state index is 0.504. The Labute approximate surface area is 147 Å². The Hall–Kier alpha value is -2.98. The predicted octanol–water partition coefficient (Wildman–Crippen LogP) is -0.110. The molecule has 7 heteroatoms. The molecule has 1 saturated heterocycles. The van der Waals surface area contributed by atoms with Gasteiger partial charge in [-0.05, 0) is 18.7 Å². The number of nitriles is 1. The molecule has 1 aliphatic rings. The summed E-state index contributed by atoms with van der Waals surface area (Å²) in [5.41, 5.74) is 2.37. The van der Waals surface area contributed by atoms with Crippen molar-refractivity contribution < 1.29 is 5.41 Å². The van der Waals surface area contributed by atoms with Crippen molar-refractivity contribution in [3.63, 3.8) is 0 Å². The maximum absolute atomic E-state index is 9.21. The Kier molecular flexibility index (Phi) is 5.21. The molecule has 1 aliphatic heterocycles. The third-order valence-corrected chi connectivity index (χ3v) is 4.42. The number of benzene rings is 1. The summed E-state index contributed by atoms with van der Waals surface area (Å²) in [6, 6.07) is 9.73. The van der Waals surface area contributed by atoms with Gasteiger partial charge in [-0.2, -0.15) is 5.26 Å². The highest BCUT2D eigenvalue weighted by Crippen LogP contribution is 2.23. The van der Waals surface area contributed by atoms with Crippen LogP contribution in [-0.2, 0) is 6.54 Å². The SMILES string of the molecule is CN1CCN(c2ncnc(NCc3ccccc3C#N)c2C=[NH2+])CC1. The van der Waals surface area contributed by atoms with E-state index in [1.807, 2.05) is 24.3 Å². The number of anilines is 2. The van der Waals surface area contributed by atoms with Crippen LogP contribution in [0.3, 0.4) is 0 Å². The van der Waals surface area contributed by atoms with E-state index < -0.39 is 0 Å². The molecule has 2 heterocycles. The number of hydrogen-bond acceptors (Lipinski definition) is 6. The summed E-state index contributed by atoms with van der Waals surface area (Å²) in [7, 11) is 2.12. The summed E-state index contributed by atoms with van der Waals surface area (Å²) in [6.45, 7) is 4.30. The molecule has 128 valence electrons. The van der Waals surface area contributed by atoms with Gasteiger partial charge in [0.15, 0.2) is 6.21 Å². The summed E-state index contributed by atoms with van der Waals surface area (Å²) in [5, 5.41) is 18.4. The van der Waals surface area contributed by atoms with Gasteiger partial charge in [0, 0.05) is 32.7 Å².